The lowest BCUT2D eigenvalue weighted by Crippen LogP contribution is -2.25. The smallest absolute Gasteiger partial charge is 0.227 e. The van der Waals surface area contributed by atoms with Crippen molar-refractivity contribution in [2.75, 3.05) is 23.8 Å². The van der Waals surface area contributed by atoms with Crippen LogP contribution in [0.25, 0.3) is 0 Å². The summed E-state index contributed by atoms with van der Waals surface area (Å²) in [6.45, 7) is 5.37. The topological polar surface area (TPSA) is 86.6 Å². The number of anilines is 1. The number of para-hydroxylation sites is 2. The standard InChI is InChI=1S/C25H24N4O4S/c1-2-13-29-24(22-15-32-20-6-3-4-7-21(20)33-22)26-27-25(29)34-16-19(30)17-9-11-18(12-10-17)28-14-5-8-23(28)31/h2-4,6-7,9-12,22H,1,5,8,13-16H2/t22-/m0/s1. The van der Waals surface area contributed by atoms with E-state index in [0.717, 1.165) is 18.7 Å². The van der Waals surface area contributed by atoms with Crippen molar-refractivity contribution in [2.45, 2.75) is 30.6 Å². The summed E-state index contributed by atoms with van der Waals surface area (Å²) in [5, 5.41) is 9.25. The Kier molecular flexibility index (Phi) is 6.35. The highest BCUT2D eigenvalue weighted by Gasteiger charge is 2.28. The number of amides is 1. The van der Waals surface area contributed by atoms with Gasteiger partial charge in [0, 0.05) is 30.8 Å². The Labute approximate surface area is 201 Å². The van der Waals surface area contributed by atoms with Gasteiger partial charge in [0.25, 0.3) is 0 Å². The Morgan fingerprint density at radius 2 is 1.94 bits per heavy atom. The van der Waals surface area contributed by atoms with Crippen molar-refractivity contribution >= 4 is 29.1 Å². The molecule has 1 aromatic heterocycles. The van der Waals surface area contributed by atoms with E-state index in [0.29, 0.717) is 47.6 Å². The number of allylic oxidation sites excluding steroid dienone is 1. The number of benzene rings is 2. The zero-order chi connectivity index (χ0) is 23.5. The molecule has 3 aromatic rings. The van der Waals surface area contributed by atoms with Crippen LogP contribution in [0.5, 0.6) is 11.5 Å². The first-order valence-corrected chi connectivity index (χ1v) is 12.1. The number of carbonyl (C=O) groups excluding carboxylic acids is 2. The Morgan fingerprint density at radius 3 is 2.68 bits per heavy atom. The van der Waals surface area contributed by atoms with Gasteiger partial charge in [0.15, 0.2) is 34.4 Å². The number of hydrogen-bond donors (Lipinski definition) is 0. The van der Waals surface area contributed by atoms with Crippen LogP contribution in [-0.4, -0.2) is 45.4 Å². The van der Waals surface area contributed by atoms with E-state index >= 15 is 0 Å². The SMILES string of the molecule is C=CCn1c(SCC(=O)c2ccc(N3CCCC3=O)cc2)nnc1[C@@H]1COc2ccccc2O1. The maximum atomic E-state index is 12.8. The van der Waals surface area contributed by atoms with Gasteiger partial charge in [-0.3, -0.25) is 14.2 Å². The Morgan fingerprint density at radius 1 is 1.15 bits per heavy atom. The minimum atomic E-state index is -0.409. The van der Waals surface area contributed by atoms with Crippen LogP contribution < -0.4 is 14.4 Å². The van der Waals surface area contributed by atoms with E-state index in [-0.39, 0.29) is 17.4 Å². The summed E-state index contributed by atoms with van der Waals surface area (Å²) < 4.78 is 13.8. The minimum Gasteiger partial charge on any atom is -0.485 e. The summed E-state index contributed by atoms with van der Waals surface area (Å²) in [5.74, 6) is 2.31. The van der Waals surface area contributed by atoms with Crippen LogP contribution in [0.15, 0.2) is 66.3 Å². The number of fused-ring (bicyclic) bond motifs is 1. The monoisotopic (exact) mass is 476 g/mol. The second-order valence-corrected chi connectivity index (χ2v) is 8.95. The van der Waals surface area contributed by atoms with Gasteiger partial charge in [0.2, 0.25) is 5.91 Å². The van der Waals surface area contributed by atoms with E-state index in [4.69, 9.17) is 9.47 Å². The fourth-order valence-corrected chi connectivity index (χ4v) is 4.90. The molecule has 0 aliphatic carbocycles. The van der Waals surface area contributed by atoms with Crippen LogP contribution in [0.3, 0.4) is 0 Å². The molecule has 9 heteroatoms. The lowest BCUT2D eigenvalue weighted by atomic mass is 10.1. The fourth-order valence-electron chi connectivity index (χ4n) is 4.05. The summed E-state index contributed by atoms with van der Waals surface area (Å²) in [6, 6.07) is 14.7. The molecule has 1 amide bonds. The molecular formula is C25H24N4O4S. The Balaban J connectivity index is 1.27. The summed E-state index contributed by atoms with van der Waals surface area (Å²) >= 11 is 1.32. The molecule has 0 N–H and O–H groups in total. The normalized spacial score (nSPS) is 17.1. The van der Waals surface area contributed by atoms with Gasteiger partial charge < -0.3 is 14.4 Å². The van der Waals surface area contributed by atoms with Crippen molar-refractivity contribution in [3.63, 3.8) is 0 Å². The Bertz CT molecular complexity index is 1220. The molecule has 8 nitrogen and oxygen atoms in total. The number of aromatic nitrogens is 3. The van der Waals surface area contributed by atoms with E-state index in [1.807, 2.05) is 41.0 Å². The van der Waals surface area contributed by atoms with E-state index in [2.05, 4.69) is 16.8 Å². The molecule has 3 heterocycles. The number of Topliss-reactive ketones (excluding diaryl/α,β-unsaturated/α-hetero) is 1. The summed E-state index contributed by atoms with van der Waals surface area (Å²) in [5.41, 5.74) is 1.43. The molecule has 0 saturated carbocycles. The lowest BCUT2D eigenvalue weighted by Gasteiger charge is -2.26. The largest absolute Gasteiger partial charge is 0.485 e. The van der Waals surface area contributed by atoms with Crippen LogP contribution >= 0.6 is 11.8 Å². The van der Waals surface area contributed by atoms with E-state index in [9.17, 15) is 9.59 Å². The second-order valence-electron chi connectivity index (χ2n) is 8.01. The molecule has 0 spiro atoms. The number of hydrogen-bond acceptors (Lipinski definition) is 7. The van der Waals surface area contributed by atoms with Crippen LogP contribution in [-0.2, 0) is 11.3 Å². The van der Waals surface area contributed by atoms with Gasteiger partial charge in [-0.2, -0.15) is 0 Å². The van der Waals surface area contributed by atoms with Gasteiger partial charge in [0.05, 0.1) is 5.75 Å². The zero-order valence-electron chi connectivity index (χ0n) is 18.6. The van der Waals surface area contributed by atoms with Gasteiger partial charge in [-0.05, 0) is 42.8 Å². The Hall–Kier alpha value is -3.59. The van der Waals surface area contributed by atoms with Crippen LogP contribution in [0.1, 0.15) is 35.1 Å². The van der Waals surface area contributed by atoms with E-state index in [1.165, 1.54) is 11.8 Å². The van der Waals surface area contributed by atoms with Crippen LogP contribution in [0.4, 0.5) is 5.69 Å². The molecule has 5 rings (SSSR count). The van der Waals surface area contributed by atoms with Crippen LogP contribution in [0.2, 0.25) is 0 Å². The summed E-state index contributed by atoms with van der Waals surface area (Å²) in [4.78, 5) is 26.5. The maximum Gasteiger partial charge on any atom is 0.227 e. The molecule has 0 radical (unpaired) electrons. The third kappa shape index (κ3) is 4.43. The molecule has 1 atom stereocenters. The highest BCUT2D eigenvalue weighted by Crippen LogP contribution is 2.36. The van der Waals surface area contributed by atoms with Crippen LogP contribution in [0, 0.1) is 0 Å². The quantitative estimate of drug-likeness (QED) is 0.275. The second kappa shape index (κ2) is 9.72. The molecule has 174 valence electrons. The predicted octanol–water partition coefficient (Wildman–Crippen LogP) is 4.08. The van der Waals surface area contributed by atoms with E-state index in [1.54, 1.807) is 23.1 Å². The third-order valence-corrected chi connectivity index (χ3v) is 6.73. The minimum absolute atomic E-state index is 0.0230. The van der Waals surface area contributed by atoms with Crippen molar-refractivity contribution in [1.29, 1.82) is 0 Å². The van der Waals surface area contributed by atoms with Gasteiger partial charge in [-0.15, -0.1) is 16.8 Å². The van der Waals surface area contributed by atoms with Crippen molar-refractivity contribution in [3.05, 3.63) is 72.6 Å². The highest BCUT2D eigenvalue weighted by molar-refractivity contribution is 7.99. The predicted molar refractivity (Wildman–Crippen MR) is 129 cm³/mol. The number of rotatable bonds is 8. The molecule has 0 unspecified atom stereocenters. The van der Waals surface area contributed by atoms with Crippen molar-refractivity contribution in [1.82, 2.24) is 14.8 Å². The number of ketones is 1. The average Bonchev–Trinajstić information content (AvgIpc) is 3.48. The van der Waals surface area contributed by atoms with Gasteiger partial charge in [0.1, 0.15) is 6.61 Å². The molecular weight excluding hydrogens is 452 g/mol. The average molecular weight is 477 g/mol. The molecule has 1 fully saturated rings. The third-order valence-electron chi connectivity index (χ3n) is 5.76. The van der Waals surface area contributed by atoms with Gasteiger partial charge >= 0.3 is 0 Å². The molecule has 34 heavy (non-hydrogen) atoms. The van der Waals surface area contributed by atoms with Crippen molar-refractivity contribution in [2.24, 2.45) is 0 Å². The van der Waals surface area contributed by atoms with Crippen molar-refractivity contribution < 1.29 is 19.1 Å². The lowest BCUT2D eigenvalue weighted by molar-refractivity contribution is -0.117. The number of carbonyl (C=O) groups is 2. The highest BCUT2D eigenvalue weighted by atomic mass is 32.2. The first kappa shape index (κ1) is 22.2. The van der Waals surface area contributed by atoms with E-state index < -0.39 is 6.10 Å². The fraction of sp³-hybridized carbons (Fsp3) is 0.280. The molecule has 0 bridgehead atoms. The first-order valence-electron chi connectivity index (χ1n) is 11.1. The van der Waals surface area contributed by atoms with Crippen molar-refractivity contribution in [3.8, 4) is 11.5 Å². The first-order chi connectivity index (χ1) is 16.6. The summed E-state index contributed by atoms with van der Waals surface area (Å²) in [6.07, 6.45) is 2.80. The number of thioether (sulfide) groups is 1. The zero-order valence-corrected chi connectivity index (χ0v) is 19.4. The number of nitrogens with zero attached hydrogens (tertiary/aromatic N) is 4. The number of ether oxygens (including phenoxy) is 2. The van der Waals surface area contributed by atoms with Gasteiger partial charge in [-0.1, -0.05) is 30.0 Å². The molecule has 2 aliphatic heterocycles. The van der Waals surface area contributed by atoms with Gasteiger partial charge in [-0.25, -0.2) is 0 Å². The summed E-state index contributed by atoms with van der Waals surface area (Å²) in [7, 11) is 0. The molecule has 2 aromatic carbocycles. The molecule has 2 aliphatic rings. The molecule has 1 saturated heterocycles. The maximum absolute atomic E-state index is 12.8.